The van der Waals surface area contributed by atoms with Gasteiger partial charge in [-0.2, -0.15) is 0 Å². The molecule has 1 atom stereocenters. The monoisotopic (exact) mass is 592 g/mol. The number of esters is 1. The van der Waals surface area contributed by atoms with Gasteiger partial charge in [-0.05, 0) is 75.9 Å². The first-order valence-electron chi connectivity index (χ1n) is 12.7. The van der Waals surface area contributed by atoms with E-state index in [2.05, 4.69) is 15.0 Å². The zero-order chi connectivity index (χ0) is 29.3. The molecule has 0 bridgehead atoms. The van der Waals surface area contributed by atoms with Gasteiger partial charge in [0.1, 0.15) is 23.3 Å². The highest BCUT2D eigenvalue weighted by Crippen LogP contribution is 2.38. The molecule has 3 aromatic heterocycles. The Bertz CT molecular complexity index is 1830. The number of nitrogens with zero attached hydrogens (tertiary/aromatic N) is 4. The van der Waals surface area contributed by atoms with E-state index in [9.17, 15) is 9.59 Å². The summed E-state index contributed by atoms with van der Waals surface area (Å²) in [6, 6.07) is 9.89. The van der Waals surface area contributed by atoms with E-state index in [-0.39, 0.29) is 17.7 Å². The number of rotatable bonds is 8. The molecule has 1 aliphatic heterocycles. The van der Waals surface area contributed by atoms with Crippen LogP contribution in [0.15, 0.2) is 72.1 Å². The summed E-state index contributed by atoms with van der Waals surface area (Å²) in [7, 11) is 3.08. The number of aryl methyl sites for hydroxylation is 2. The molecule has 0 saturated carbocycles. The number of thiazole rings is 1. The number of fused-ring (bicyclic) bond motifs is 1. The Hall–Kier alpha value is -4.16. The van der Waals surface area contributed by atoms with Crippen molar-refractivity contribution in [1.82, 2.24) is 14.5 Å². The number of benzene rings is 1. The first kappa shape index (κ1) is 28.4. The van der Waals surface area contributed by atoms with Crippen molar-refractivity contribution in [2.75, 3.05) is 20.8 Å². The van der Waals surface area contributed by atoms with E-state index < -0.39 is 12.0 Å². The molecule has 0 amide bonds. The summed E-state index contributed by atoms with van der Waals surface area (Å²) < 4.78 is 24.3. The Morgan fingerprint density at radius 3 is 2.54 bits per heavy atom. The second kappa shape index (κ2) is 11.8. The predicted octanol–water partition coefficient (Wildman–Crippen LogP) is 3.97. The molecule has 1 aromatic carbocycles. The first-order chi connectivity index (χ1) is 19.7. The summed E-state index contributed by atoms with van der Waals surface area (Å²) in [5, 5.41) is 1.17. The highest BCUT2D eigenvalue weighted by atomic mass is 32.2. The number of allylic oxidation sites excluding steroid dienone is 1. The van der Waals surface area contributed by atoms with E-state index in [0.29, 0.717) is 48.1 Å². The number of hydrogen-bond donors (Lipinski definition) is 0. The van der Waals surface area contributed by atoms with Crippen LogP contribution in [-0.4, -0.2) is 41.3 Å². The Kier molecular flexibility index (Phi) is 8.13. The molecular weight excluding hydrogens is 564 g/mol. The summed E-state index contributed by atoms with van der Waals surface area (Å²) in [5.41, 5.74) is 2.68. The van der Waals surface area contributed by atoms with E-state index >= 15 is 0 Å². The molecule has 5 rings (SSSR count). The van der Waals surface area contributed by atoms with Crippen LogP contribution in [0.1, 0.15) is 42.6 Å². The van der Waals surface area contributed by atoms with Gasteiger partial charge in [0.25, 0.3) is 5.56 Å². The topological polar surface area (TPSA) is 118 Å². The van der Waals surface area contributed by atoms with E-state index in [1.54, 1.807) is 51.3 Å². The summed E-state index contributed by atoms with van der Waals surface area (Å²) in [6.07, 6.45) is 1.67. The van der Waals surface area contributed by atoms with Gasteiger partial charge in [0.15, 0.2) is 15.1 Å². The second-order valence-corrected chi connectivity index (χ2v) is 11.1. The number of furan rings is 1. The van der Waals surface area contributed by atoms with Gasteiger partial charge in [0.2, 0.25) is 0 Å². The van der Waals surface area contributed by atoms with Crippen molar-refractivity contribution in [2.24, 2.45) is 4.99 Å². The normalized spacial score (nSPS) is 15.0. The third-order valence-electron chi connectivity index (χ3n) is 6.28. The van der Waals surface area contributed by atoms with Crippen molar-refractivity contribution in [1.29, 1.82) is 0 Å². The lowest BCUT2D eigenvalue weighted by Crippen LogP contribution is -2.40. The quantitative estimate of drug-likeness (QED) is 0.221. The van der Waals surface area contributed by atoms with Crippen LogP contribution in [0, 0.1) is 13.8 Å². The van der Waals surface area contributed by atoms with E-state index in [1.807, 2.05) is 26.0 Å². The molecule has 0 saturated heterocycles. The molecule has 0 fully saturated rings. The Morgan fingerprint density at radius 2 is 1.85 bits per heavy atom. The van der Waals surface area contributed by atoms with E-state index in [1.165, 1.54) is 34.8 Å². The van der Waals surface area contributed by atoms with Crippen LogP contribution in [0.4, 0.5) is 0 Å². The smallest absolute Gasteiger partial charge is 0.338 e. The van der Waals surface area contributed by atoms with Gasteiger partial charge >= 0.3 is 5.97 Å². The number of ether oxygens (including phenoxy) is 3. The summed E-state index contributed by atoms with van der Waals surface area (Å²) in [5.74, 6) is 0.968. The Balaban J connectivity index is 1.62. The number of aromatic nitrogens is 3. The molecule has 4 aromatic rings. The van der Waals surface area contributed by atoms with Crippen LogP contribution in [0.3, 0.4) is 0 Å². The van der Waals surface area contributed by atoms with Crippen molar-refractivity contribution < 1.29 is 23.4 Å². The van der Waals surface area contributed by atoms with Crippen molar-refractivity contribution in [3.8, 4) is 11.5 Å². The molecule has 0 radical (unpaired) electrons. The number of carbonyl (C=O) groups is 1. The molecule has 0 N–H and O–H groups in total. The molecule has 10 nitrogen and oxygen atoms in total. The van der Waals surface area contributed by atoms with Gasteiger partial charge < -0.3 is 18.6 Å². The Labute approximate surface area is 244 Å². The zero-order valence-electron chi connectivity index (χ0n) is 23.4. The fourth-order valence-corrected chi connectivity index (χ4v) is 6.42. The van der Waals surface area contributed by atoms with Crippen molar-refractivity contribution in [2.45, 2.75) is 44.0 Å². The summed E-state index contributed by atoms with van der Waals surface area (Å²) >= 11 is 2.51. The first-order valence-corrected chi connectivity index (χ1v) is 14.4. The van der Waals surface area contributed by atoms with Crippen molar-refractivity contribution >= 4 is 35.1 Å². The van der Waals surface area contributed by atoms with Gasteiger partial charge in [-0.25, -0.2) is 19.8 Å². The van der Waals surface area contributed by atoms with Crippen molar-refractivity contribution in [3.05, 3.63) is 90.1 Å². The highest BCUT2D eigenvalue weighted by Gasteiger charge is 2.35. The van der Waals surface area contributed by atoms with Gasteiger partial charge in [0, 0.05) is 23.0 Å². The van der Waals surface area contributed by atoms with E-state index in [4.69, 9.17) is 18.6 Å². The van der Waals surface area contributed by atoms with Crippen LogP contribution >= 0.6 is 23.1 Å². The van der Waals surface area contributed by atoms with Crippen LogP contribution in [-0.2, 0) is 9.53 Å². The standard InChI is InChI=1S/C29H28N4O6S2/c1-7-38-27(35)24-17(4)32-29-33(25(24)20-13-18(36-5)8-10-21(20)37-6)26(34)22(40-29)14-19-9-11-23(39-19)41-28-30-15(2)12-16(3)31-28/h8-14,25H,7H2,1-6H3/b22-14+/t25-/m0/s1. The fourth-order valence-electron chi connectivity index (χ4n) is 4.56. The van der Waals surface area contributed by atoms with Crippen LogP contribution in [0.25, 0.3) is 6.08 Å². The van der Waals surface area contributed by atoms with Gasteiger partial charge in [-0.15, -0.1) is 0 Å². The SMILES string of the molecule is CCOC(=O)C1=C(C)N=c2s/c(=C/c3ccc(Sc4nc(C)cc(C)n4)o3)c(=O)n2[C@H]1c1cc(OC)ccc1OC. The molecule has 0 aliphatic carbocycles. The van der Waals surface area contributed by atoms with E-state index in [0.717, 1.165) is 11.4 Å². The predicted molar refractivity (Wildman–Crippen MR) is 154 cm³/mol. The lowest BCUT2D eigenvalue weighted by molar-refractivity contribution is -0.139. The molecule has 212 valence electrons. The molecule has 4 heterocycles. The van der Waals surface area contributed by atoms with Crippen LogP contribution < -0.4 is 24.4 Å². The van der Waals surface area contributed by atoms with Crippen LogP contribution in [0.2, 0.25) is 0 Å². The molecule has 0 unspecified atom stereocenters. The largest absolute Gasteiger partial charge is 0.497 e. The zero-order valence-corrected chi connectivity index (χ0v) is 25.0. The molecule has 0 spiro atoms. The third kappa shape index (κ3) is 5.70. The van der Waals surface area contributed by atoms with Gasteiger partial charge in [-0.1, -0.05) is 11.3 Å². The number of methoxy groups -OCH3 is 2. The lowest BCUT2D eigenvalue weighted by Gasteiger charge is -2.26. The van der Waals surface area contributed by atoms with Crippen molar-refractivity contribution in [3.63, 3.8) is 0 Å². The maximum atomic E-state index is 13.9. The minimum atomic E-state index is -0.845. The highest BCUT2D eigenvalue weighted by molar-refractivity contribution is 7.99. The fraction of sp³-hybridized carbons (Fsp3) is 0.276. The Morgan fingerprint density at radius 1 is 1.10 bits per heavy atom. The van der Waals surface area contributed by atoms with Crippen LogP contribution in [0.5, 0.6) is 11.5 Å². The lowest BCUT2D eigenvalue weighted by atomic mass is 9.95. The van der Waals surface area contributed by atoms with Gasteiger partial charge in [0.05, 0.1) is 36.6 Å². The summed E-state index contributed by atoms with van der Waals surface area (Å²) in [4.78, 5) is 41.1. The maximum absolute atomic E-state index is 13.9. The minimum Gasteiger partial charge on any atom is -0.497 e. The molecule has 1 aliphatic rings. The number of carbonyl (C=O) groups excluding carboxylic acids is 1. The second-order valence-electron chi connectivity index (χ2n) is 9.10. The number of hydrogen-bond acceptors (Lipinski definition) is 11. The molecular formula is C29H28N4O6S2. The minimum absolute atomic E-state index is 0.175. The third-order valence-corrected chi connectivity index (χ3v) is 8.05. The summed E-state index contributed by atoms with van der Waals surface area (Å²) in [6.45, 7) is 7.46. The van der Waals surface area contributed by atoms with Gasteiger partial charge in [-0.3, -0.25) is 9.36 Å². The molecule has 12 heteroatoms. The molecule has 41 heavy (non-hydrogen) atoms. The average molecular weight is 593 g/mol. The average Bonchev–Trinajstić information content (AvgIpc) is 3.50. The maximum Gasteiger partial charge on any atom is 0.338 e.